The molecule has 1 aliphatic rings. The van der Waals surface area contributed by atoms with Crippen LogP contribution in [0.4, 0.5) is 9.59 Å². The highest BCUT2D eigenvalue weighted by Gasteiger charge is 2.31. The summed E-state index contributed by atoms with van der Waals surface area (Å²) in [4.78, 5) is 50.4. The van der Waals surface area contributed by atoms with Gasteiger partial charge >= 0.3 is 19.3 Å². The predicted molar refractivity (Wildman–Crippen MR) is 127 cm³/mol. The normalized spacial score (nSPS) is 14.4. The number of hydrogen-bond acceptors (Lipinski definition) is 6. The van der Waals surface area contributed by atoms with Crippen molar-refractivity contribution in [3.05, 3.63) is 76.5 Å². The van der Waals surface area contributed by atoms with Crippen molar-refractivity contribution >= 4 is 36.4 Å². The first-order valence-electron chi connectivity index (χ1n) is 10.7. The average Bonchev–Trinajstić information content (AvgIpc) is 2.82. The minimum atomic E-state index is -0.951. The molecular weight excluding hydrogens is 435 g/mol. The molecule has 0 fully saturated rings. The number of esters is 1. The zero-order valence-electron chi connectivity index (χ0n) is 19.6. The molecule has 0 aliphatic carbocycles. The number of carbonyl (C=O) groups is 4. The third kappa shape index (κ3) is 5.72. The van der Waals surface area contributed by atoms with E-state index in [0.29, 0.717) is 16.8 Å². The number of alkyl carbamates (subject to hydrolysis) is 1. The van der Waals surface area contributed by atoms with Crippen molar-refractivity contribution in [2.75, 3.05) is 14.2 Å². The summed E-state index contributed by atoms with van der Waals surface area (Å²) in [6, 6.07) is 13.6. The van der Waals surface area contributed by atoms with Crippen LogP contribution in [0, 0.1) is 6.92 Å². The first-order chi connectivity index (χ1) is 16.2. The molecule has 2 aromatic carbocycles. The molecule has 2 amide bonds. The maximum absolute atomic E-state index is 12.5. The molecule has 2 aromatic rings. The molecule has 175 valence electrons. The molecule has 1 heterocycles. The molecule has 0 saturated heterocycles. The number of ether oxygens (including phenoxy) is 2. The molecule has 0 bridgehead atoms. The molecule has 0 spiro atoms. The molecule has 3 rings (SSSR count). The van der Waals surface area contributed by atoms with Crippen LogP contribution in [0.1, 0.15) is 29.2 Å². The second-order valence-electron chi connectivity index (χ2n) is 8.00. The van der Waals surface area contributed by atoms with E-state index < -0.39 is 18.1 Å². The highest BCUT2D eigenvalue weighted by molar-refractivity contribution is 7.02. The number of allylic oxidation sites excluding steroid dienone is 2. The summed E-state index contributed by atoms with van der Waals surface area (Å²) in [6.07, 6.45) is -0.561. The van der Waals surface area contributed by atoms with Gasteiger partial charge in [-0.1, -0.05) is 48.5 Å². The Bertz CT molecular complexity index is 1150. The molecule has 1 aliphatic heterocycles. The SMILES string of the molecule is COC(=O)[C@H](Cc1ccc(C2=C(C)N(C)C(=O)[B]C2=O)c(C)c1)NC(=O)OCc1ccccc1. The maximum Gasteiger partial charge on any atom is 0.408 e. The molecule has 1 radical (unpaired) electrons. The Kier molecular flexibility index (Phi) is 7.89. The van der Waals surface area contributed by atoms with Crippen LogP contribution in [0.15, 0.2) is 54.2 Å². The topological polar surface area (TPSA) is 102 Å². The quantitative estimate of drug-likeness (QED) is 0.503. The van der Waals surface area contributed by atoms with E-state index >= 15 is 0 Å². The van der Waals surface area contributed by atoms with Gasteiger partial charge in [-0.05, 0) is 36.1 Å². The number of carbonyl (C=O) groups excluding carboxylic acids is 4. The van der Waals surface area contributed by atoms with Crippen LogP contribution in [0.2, 0.25) is 0 Å². The monoisotopic (exact) mass is 461 g/mol. The number of nitrogens with one attached hydrogen (secondary N) is 1. The first-order valence-corrected chi connectivity index (χ1v) is 10.7. The Labute approximate surface area is 199 Å². The summed E-state index contributed by atoms with van der Waals surface area (Å²) in [5.41, 5.74) is 3.77. The Hall–Kier alpha value is -3.88. The molecular formula is C25H26BN2O6. The largest absolute Gasteiger partial charge is 0.467 e. The fraction of sp³-hybridized carbons (Fsp3) is 0.280. The van der Waals surface area contributed by atoms with Crippen molar-refractivity contribution < 1.29 is 28.7 Å². The van der Waals surface area contributed by atoms with Gasteiger partial charge in [0, 0.05) is 24.7 Å². The number of amides is 2. The number of aryl methyl sites for hydroxylation is 1. The van der Waals surface area contributed by atoms with Crippen molar-refractivity contribution in [2.45, 2.75) is 32.9 Å². The Balaban J connectivity index is 1.74. The van der Waals surface area contributed by atoms with Gasteiger partial charge in [-0.15, -0.1) is 0 Å². The minimum Gasteiger partial charge on any atom is -0.467 e. The van der Waals surface area contributed by atoms with E-state index in [-0.39, 0.29) is 24.5 Å². The fourth-order valence-electron chi connectivity index (χ4n) is 3.73. The third-order valence-corrected chi connectivity index (χ3v) is 5.69. The second kappa shape index (κ2) is 10.8. The lowest BCUT2D eigenvalue weighted by molar-refractivity contribution is -0.143. The molecule has 0 saturated carbocycles. The molecule has 9 heteroatoms. The van der Waals surface area contributed by atoms with Crippen LogP contribution in [0.5, 0.6) is 0 Å². The first kappa shape index (κ1) is 24.8. The lowest BCUT2D eigenvalue weighted by atomic mass is 9.64. The van der Waals surface area contributed by atoms with Gasteiger partial charge in [0.25, 0.3) is 0 Å². The van der Waals surface area contributed by atoms with Crippen molar-refractivity contribution in [1.29, 1.82) is 0 Å². The van der Waals surface area contributed by atoms with Crippen molar-refractivity contribution in [2.24, 2.45) is 0 Å². The minimum absolute atomic E-state index is 0.0742. The van der Waals surface area contributed by atoms with Crippen molar-refractivity contribution in [1.82, 2.24) is 10.2 Å². The molecule has 1 atom stereocenters. The van der Waals surface area contributed by atoms with E-state index in [4.69, 9.17) is 9.47 Å². The van der Waals surface area contributed by atoms with E-state index in [0.717, 1.165) is 24.0 Å². The van der Waals surface area contributed by atoms with Crippen LogP contribution in [0.3, 0.4) is 0 Å². The van der Waals surface area contributed by atoms with Crippen LogP contribution in [-0.2, 0) is 32.1 Å². The smallest absolute Gasteiger partial charge is 0.408 e. The summed E-state index contributed by atoms with van der Waals surface area (Å²) in [7, 11) is 3.95. The maximum atomic E-state index is 12.5. The molecule has 0 aromatic heterocycles. The van der Waals surface area contributed by atoms with Crippen LogP contribution in [0.25, 0.3) is 5.57 Å². The average molecular weight is 461 g/mol. The summed E-state index contributed by atoms with van der Waals surface area (Å²) < 4.78 is 10.1. The van der Waals surface area contributed by atoms with Gasteiger partial charge in [0.1, 0.15) is 18.3 Å². The van der Waals surface area contributed by atoms with Gasteiger partial charge in [0.15, 0.2) is 5.81 Å². The van der Waals surface area contributed by atoms with Crippen LogP contribution < -0.4 is 5.32 Å². The number of hydrogen-bond donors (Lipinski definition) is 1. The van der Waals surface area contributed by atoms with Crippen LogP contribution in [-0.4, -0.2) is 55.9 Å². The van der Waals surface area contributed by atoms with Gasteiger partial charge in [0.05, 0.1) is 7.11 Å². The lowest BCUT2D eigenvalue weighted by Crippen LogP contribution is -2.43. The molecule has 1 N–H and O–H groups in total. The third-order valence-electron chi connectivity index (χ3n) is 5.69. The zero-order chi connectivity index (χ0) is 24.8. The molecule has 0 unspecified atom stereocenters. The standard InChI is InChI=1S/C25H26BN2O6/c1-15-12-18(10-11-19(15)21-16(2)28(3)24(31)26-22(21)29)13-20(23(30)33-4)27-25(32)34-14-17-8-6-5-7-9-17/h5-12,20H,13-14H2,1-4H3,(H,27,32)/t20-/m0/s1. The zero-order valence-corrected chi connectivity index (χ0v) is 19.6. The van der Waals surface area contributed by atoms with Crippen molar-refractivity contribution in [3.8, 4) is 0 Å². The van der Waals surface area contributed by atoms with Gasteiger partial charge < -0.3 is 24.5 Å². The number of nitrogens with zero attached hydrogens (tertiary/aromatic N) is 1. The van der Waals surface area contributed by atoms with E-state index in [1.54, 1.807) is 26.1 Å². The van der Waals surface area contributed by atoms with Crippen LogP contribution >= 0.6 is 0 Å². The second-order valence-corrected chi connectivity index (χ2v) is 8.00. The van der Waals surface area contributed by atoms with E-state index in [1.807, 2.05) is 43.3 Å². The van der Waals surface area contributed by atoms with Crippen molar-refractivity contribution in [3.63, 3.8) is 0 Å². The number of rotatable bonds is 7. The predicted octanol–water partition coefficient (Wildman–Crippen LogP) is 3.03. The summed E-state index contributed by atoms with van der Waals surface area (Å²) in [5, 5.41) is 2.56. The van der Waals surface area contributed by atoms with Gasteiger partial charge in [-0.2, -0.15) is 0 Å². The Morgan fingerprint density at radius 3 is 2.41 bits per heavy atom. The highest BCUT2D eigenvalue weighted by atomic mass is 16.6. The Morgan fingerprint density at radius 2 is 1.76 bits per heavy atom. The van der Waals surface area contributed by atoms with E-state index in [1.165, 1.54) is 12.0 Å². The molecule has 34 heavy (non-hydrogen) atoms. The summed E-state index contributed by atoms with van der Waals surface area (Å²) >= 11 is 0. The van der Waals surface area contributed by atoms with E-state index in [9.17, 15) is 19.2 Å². The highest BCUT2D eigenvalue weighted by Crippen LogP contribution is 2.28. The number of benzene rings is 2. The fourth-order valence-corrected chi connectivity index (χ4v) is 3.73. The molecule has 8 nitrogen and oxygen atoms in total. The van der Waals surface area contributed by atoms with Gasteiger partial charge in [0.2, 0.25) is 0 Å². The summed E-state index contributed by atoms with van der Waals surface area (Å²) in [6.45, 7) is 3.64. The summed E-state index contributed by atoms with van der Waals surface area (Å²) in [5.74, 6) is -0.958. The lowest BCUT2D eigenvalue weighted by Gasteiger charge is -2.27. The number of methoxy groups -OCH3 is 1. The Morgan fingerprint density at radius 1 is 1.06 bits per heavy atom. The van der Waals surface area contributed by atoms with Gasteiger partial charge in [-0.3, -0.25) is 4.79 Å². The van der Waals surface area contributed by atoms with E-state index in [2.05, 4.69) is 5.32 Å². The van der Waals surface area contributed by atoms with Gasteiger partial charge in [-0.25, -0.2) is 9.59 Å².